The first-order chi connectivity index (χ1) is 18.5. The molecule has 5 rings (SSSR count). The second-order valence-corrected chi connectivity index (χ2v) is 10.2. The number of carboxylic acid groups (broad SMARTS) is 1. The fourth-order valence-electron chi connectivity index (χ4n) is 5.68. The highest BCUT2D eigenvalue weighted by molar-refractivity contribution is 6.01. The van der Waals surface area contributed by atoms with Crippen LogP contribution in [0.3, 0.4) is 0 Å². The minimum atomic E-state index is -0.906. The van der Waals surface area contributed by atoms with Gasteiger partial charge >= 0.3 is 5.97 Å². The molecule has 192 valence electrons. The molecule has 1 heterocycles. The fraction of sp³-hybridized carbons (Fsp3) is 0.265. The maximum Gasteiger partial charge on any atom is 0.335 e. The van der Waals surface area contributed by atoms with Crippen LogP contribution in [0.1, 0.15) is 68.6 Å². The first-order valence-electron chi connectivity index (χ1n) is 13.2. The maximum atomic E-state index is 12.4. The van der Waals surface area contributed by atoms with Gasteiger partial charge in [0.1, 0.15) is 0 Å². The van der Waals surface area contributed by atoms with Crippen LogP contribution in [0.4, 0.5) is 4.39 Å². The van der Waals surface area contributed by atoms with Gasteiger partial charge < -0.3 is 5.11 Å². The van der Waals surface area contributed by atoms with Gasteiger partial charge in [0.05, 0.1) is 12.2 Å². The molecule has 4 heteroatoms. The number of rotatable bonds is 7. The van der Waals surface area contributed by atoms with E-state index in [0.717, 1.165) is 83.4 Å². The Morgan fingerprint density at radius 3 is 2.58 bits per heavy atom. The second-order valence-electron chi connectivity index (χ2n) is 10.2. The summed E-state index contributed by atoms with van der Waals surface area (Å²) >= 11 is 0. The monoisotopic (exact) mass is 505 g/mol. The molecule has 3 nitrogen and oxygen atoms in total. The van der Waals surface area contributed by atoms with Gasteiger partial charge in [-0.1, -0.05) is 54.5 Å². The summed E-state index contributed by atoms with van der Waals surface area (Å²) in [7, 11) is 0. The quantitative estimate of drug-likeness (QED) is 0.351. The molecule has 0 spiro atoms. The summed E-state index contributed by atoms with van der Waals surface area (Å²) in [4.78, 5) is 14.0. The zero-order valence-electron chi connectivity index (χ0n) is 21.8. The number of aryl methyl sites for hydroxylation is 1. The Bertz CT molecular complexity index is 1470. The van der Waals surface area contributed by atoms with Crippen molar-refractivity contribution in [2.75, 3.05) is 26.3 Å². The third kappa shape index (κ3) is 5.21. The largest absolute Gasteiger partial charge is 0.478 e. The predicted octanol–water partition coefficient (Wildman–Crippen LogP) is 7.03. The first kappa shape index (κ1) is 25.7. The second kappa shape index (κ2) is 11.2. The topological polar surface area (TPSA) is 40.5 Å². The van der Waals surface area contributed by atoms with Gasteiger partial charge in [0.25, 0.3) is 0 Å². The number of nitrogens with zero attached hydrogens (tertiary/aromatic N) is 1. The summed E-state index contributed by atoms with van der Waals surface area (Å²) in [6.45, 7) is 4.44. The van der Waals surface area contributed by atoms with E-state index < -0.39 is 5.97 Å². The number of hydrogen-bond donors (Lipinski definition) is 1. The lowest BCUT2D eigenvalue weighted by Crippen LogP contribution is -2.40. The lowest BCUT2D eigenvalue weighted by molar-refractivity contribution is 0.0696. The summed E-state index contributed by atoms with van der Waals surface area (Å²) < 4.78 is 12.4. The number of fused-ring (bicyclic) bond motifs is 1. The van der Waals surface area contributed by atoms with E-state index in [-0.39, 0.29) is 6.67 Å². The molecular formula is C34H32FNO2. The number of hydrogen-bond acceptors (Lipinski definition) is 2. The SMILES string of the molecule is C#Cc1cccc(C2=C(c3ccc(C=C4CN(CCCF)C4)cc3)c3ccc(C(=O)O)cc3CCC2)c1C. The van der Waals surface area contributed by atoms with Crippen LogP contribution in [0.5, 0.6) is 0 Å². The van der Waals surface area contributed by atoms with Gasteiger partial charge in [-0.3, -0.25) is 9.29 Å². The van der Waals surface area contributed by atoms with E-state index in [1.165, 1.54) is 11.1 Å². The summed E-state index contributed by atoms with van der Waals surface area (Å²) in [5, 5.41) is 9.59. The van der Waals surface area contributed by atoms with Crippen molar-refractivity contribution in [3.8, 4) is 12.3 Å². The van der Waals surface area contributed by atoms with Crippen molar-refractivity contribution in [3.05, 3.63) is 111 Å². The molecule has 1 N–H and O–H groups in total. The zero-order chi connectivity index (χ0) is 26.6. The maximum absolute atomic E-state index is 12.4. The van der Waals surface area contributed by atoms with Gasteiger partial charge in [-0.05, 0) is 101 Å². The molecule has 0 atom stereocenters. The highest BCUT2D eigenvalue weighted by Gasteiger charge is 2.23. The van der Waals surface area contributed by atoms with Gasteiger partial charge in [0.15, 0.2) is 0 Å². The minimum absolute atomic E-state index is 0.262. The third-order valence-corrected chi connectivity index (χ3v) is 7.64. The molecule has 1 aliphatic carbocycles. The van der Waals surface area contributed by atoms with Gasteiger partial charge in [-0.2, -0.15) is 0 Å². The molecule has 3 aromatic carbocycles. The summed E-state index contributed by atoms with van der Waals surface area (Å²) in [5.41, 5.74) is 11.6. The highest BCUT2D eigenvalue weighted by Crippen LogP contribution is 2.41. The molecule has 1 fully saturated rings. The Morgan fingerprint density at radius 1 is 1.08 bits per heavy atom. The number of carbonyl (C=O) groups is 1. The number of halogens is 1. The standard InChI is InChI=1S/C34H32FNO2/c1-3-26-7-4-9-30(23(26)2)32-10-5-8-28-20-29(34(37)38)15-16-31(28)33(32)27-13-11-24(12-14-27)19-25-21-36(22-25)18-6-17-35/h1,4,7,9,11-16,19-20H,5-6,8,10,17-18,21-22H2,2H3,(H,37,38). The molecule has 3 aromatic rings. The summed E-state index contributed by atoms with van der Waals surface area (Å²) in [6, 6.07) is 20.3. The van der Waals surface area contributed by atoms with Gasteiger partial charge in [-0.25, -0.2) is 4.79 Å². The van der Waals surface area contributed by atoms with E-state index in [4.69, 9.17) is 6.42 Å². The van der Waals surface area contributed by atoms with Crippen molar-refractivity contribution in [1.29, 1.82) is 0 Å². The molecule has 2 aliphatic rings. The van der Waals surface area contributed by atoms with Crippen molar-refractivity contribution in [3.63, 3.8) is 0 Å². The molecule has 0 amide bonds. The van der Waals surface area contributed by atoms with Gasteiger partial charge in [0.2, 0.25) is 0 Å². The first-order valence-corrected chi connectivity index (χ1v) is 13.2. The van der Waals surface area contributed by atoms with Crippen molar-refractivity contribution < 1.29 is 14.3 Å². The van der Waals surface area contributed by atoms with Gasteiger partial charge in [0, 0.05) is 25.2 Å². The van der Waals surface area contributed by atoms with E-state index in [0.29, 0.717) is 12.0 Å². The lowest BCUT2D eigenvalue weighted by Gasteiger charge is -2.33. The molecule has 38 heavy (non-hydrogen) atoms. The normalized spacial score (nSPS) is 15.3. The average molecular weight is 506 g/mol. The molecule has 0 aromatic heterocycles. The fourth-order valence-corrected chi connectivity index (χ4v) is 5.68. The zero-order valence-corrected chi connectivity index (χ0v) is 21.8. The van der Waals surface area contributed by atoms with Crippen LogP contribution >= 0.6 is 0 Å². The Kier molecular flexibility index (Phi) is 7.58. The van der Waals surface area contributed by atoms with E-state index in [9.17, 15) is 14.3 Å². The van der Waals surface area contributed by atoms with Crippen LogP contribution in [0.25, 0.3) is 17.2 Å². The average Bonchev–Trinajstić information content (AvgIpc) is 3.09. The summed E-state index contributed by atoms with van der Waals surface area (Å²) in [5.74, 6) is 1.91. The highest BCUT2D eigenvalue weighted by atomic mass is 19.1. The van der Waals surface area contributed by atoms with E-state index in [1.54, 1.807) is 6.07 Å². The number of carboxylic acids is 1. The van der Waals surface area contributed by atoms with Crippen molar-refractivity contribution in [2.24, 2.45) is 0 Å². The number of likely N-dealkylation sites (tertiary alicyclic amines) is 1. The molecule has 0 bridgehead atoms. The summed E-state index contributed by atoms with van der Waals surface area (Å²) in [6.07, 6.45) is 11.3. The molecule has 0 saturated carbocycles. The van der Waals surface area contributed by atoms with Gasteiger partial charge in [-0.15, -0.1) is 6.42 Å². The van der Waals surface area contributed by atoms with Crippen LogP contribution in [0.2, 0.25) is 0 Å². The van der Waals surface area contributed by atoms with Crippen molar-refractivity contribution >= 4 is 23.2 Å². The van der Waals surface area contributed by atoms with Crippen LogP contribution in [-0.2, 0) is 6.42 Å². The Hall–Kier alpha value is -3.94. The van der Waals surface area contributed by atoms with Crippen LogP contribution in [-0.4, -0.2) is 42.3 Å². The molecule has 0 radical (unpaired) electrons. The predicted molar refractivity (Wildman–Crippen MR) is 153 cm³/mol. The van der Waals surface area contributed by atoms with E-state index in [1.807, 2.05) is 24.3 Å². The Morgan fingerprint density at radius 2 is 1.87 bits per heavy atom. The Balaban J connectivity index is 1.58. The molecule has 0 unspecified atom stereocenters. The minimum Gasteiger partial charge on any atom is -0.478 e. The molecule has 1 aliphatic heterocycles. The smallest absolute Gasteiger partial charge is 0.335 e. The van der Waals surface area contributed by atoms with E-state index >= 15 is 0 Å². The van der Waals surface area contributed by atoms with Crippen molar-refractivity contribution in [2.45, 2.75) is 32.6 Å². The molecular weight excluding hydrogens is 473 g/mol. The third-order valence-electron chi connectivity index (χ3n) is 7.64. The molecule has 1 saturated heterocycles. The van der Waals surface area contributed by atoms with Crippen LogP contribution in [0, 0.1) is 19.3 Å². The number of terminal acetylenes is 1. The van der Waals surface area contributed by atoms with Crippen LogP contribution < -0.4 is 0 Å². The van der Waals surface area contributed by atoms with Crippen LogP contribution in [0.15, 0.2) is 66.2 Å². The lowest BCUT2D eigenvalue weighted by atomic mass is 9.85. The van der Waals surface area contributed by atoms with E-state index in [2.05, 4.69) is 54.2 Å². The number of benzene rings is 3. The Labute approximate surface area is 224 Å². The number of allylic oxidation sites excluding steroid dienone is 1. The number of alkyl halides is 1. The van der Waals surface area contributed by atoms with Crippen molar-refractivity contribution in [1.82, 2.24) is 4.90 Å². The number of aromatic carboxylic acids is 1.